The average molecular weight is 815 g/mol. The van der Waals surface area contributed by atoms with Gasteiger partial charge in [-0.3, -0.25) is 0 Å². The molecule has 0 unspecified atom stereocenters. The van der Waals surface area contributed by atoms with Crippen LogP contribution in [0.25, 0.3) is 130 Å². The molecular formula is C62H38S. The van der Waals surface area contributed by atoms with Crippen LogP contribution in [0.2, 0.25) is 0 Å². The molecule has 13 aromatic rings. The second-order valence-corrected chi connectivity index (χ2v) is 17.7. The zero-order chi connectivity index (χ0) is 41.4. The van der Waals surface area contributed by atoms with Gasteiger partial charge in [0, 0.05) is 25.7 Å². The van der Waals surface area contributed by atoms with Gasteiger partial charge in [0.2, 0.25) is 0 Å². The lowest BCUT2D eigenvalue weighted by Crippen LogP contribution is -1.92. The van der Waals surface area contributed by atoms with Gasteiger partial charge in [0.05, 0.1) is 0 Å². The first-order valence-electron chi connectivity index (χ1n) is 21.8. The topological polar surface area (TPSA) is 0 Å². The molecule has 1 aromatic heterocycles. The Kier molecular flexibility index (Phi) is 8.19. The molecule has 0 radical (unpaired) electrons. The molecule has 13 rings (SSSR count). The average Bonchev–Trinajstić information content (AvgIpc) is 3.73. The Bertz CT molecular complexity index is 3840. The number of rotatable bonds is 5. The van der Waals surface area contributed by atoms with Gasteiger partial charge in [0.25, 0.3) is 0 Å². The van der Waals surface area contributed by atoms with E-state index in [1.807, 2.05) is 11.3 Å². The van der Waals surface area contributed by atoms with E-state index in [2.05, 4.69) is 231 Å². The Hall–Kier alpha value is -7.84. The standard InChI is InChI=1S/C62H38S/c1-3-18-39(19-4-1)42-36-37-54(44-23-8-7-22-43(42)44)60-50-28-13-15-30-52(50)61(53-31-16-14-29-51(53)60)56-33-17-32-55-45-35-34-41(38-57(45)63-62(55)56)59-48-26-11-9-24-46(48)58(40-20-5-2-6-21-40)47-25-10-12-27-49(47)59/h1-38H. The first kappa shape index (κ1) is 35.9. The van der Waals surface area contributed by atoms with Crippen LogP contribution in [-0.2, 0) is 0 Å². The highest BCUT2D eigenvalue weighted by molar-refractivity contribution is 7.26. The Morgan fingerprint density at radius 1 is 0.206 bits per heavy atom. The Morgan fingerprint density at radius 3 is 1.14 bits per heavy atom. The lowest BCUT2D eigenvalue weighted by Gasteiger charge is -2.20. The van der Waals surface area contributed by atoms with Crippen LogP contribution in [0, 0.1) is 0 Å². The van der Waals surface area contributed by atoms with Gasteiger partial charge in [-0.05, 0) is 110 Å². The van der Waals surface area contributed by atoms with Crippen LogP contribution >= 0.6 is 11.3 Å². The van der Waals surface area contributed by atoms with Crippen molar-refractivity contribution in [1.82, 2.24) is 0 Å². The van der Waals surface area contributed by atoms with E-state index in [-0.39, 0.29) is 0 Å². The van der Waals surface area contributed by atoms with Crippen LogP contribution in [0.5, 0.6) is 0 Å². The van der Waals surface area contributed by atoms with E-state index in [0.29, 0.717) is 0 Å². The third kappa shape index (κ3) is 5.54. The summed E-state index contributed by atoms with van der Waals surface area (Å²) >= 11 is 1.92. The van der Waals surface area contributed by atoms with Crippen molar-refractivity contribution in [2.45, 2.75) is 0 Å². The number of benzene rings is 12. The van der Waals surface area contributed by atoms with Gasteiger partial charge in [-0.1, -0.05) is 224 Å². The lowest BCUT2D eigenvalue weighted by atomic mass is 9.83. The van der Waals surface area contributed by atoms with Crippen molar-refractivity contribution >= 4 is 85.4 Å². The summed E-state index contributed by atoms with van der Waals surface area (Å²) in [5.41, 5.74) is 12.7. The van der Waals surface area contributed by atoms with Crippen LogP contribution < -0.4 is 0 Å². The fourth-order valence-corrected chi connectivity index (χ4v) is 11.9. The summed E-state index contributed by atoms with van der Waals surface area (Å²) in [4.78, 5) is 0. The second kappa shape index (κ2) is 14.4. The fraction of sp³-hybridized carbons (Fsp3) is 0. The molecule has 0 fully saturated rings. The summed E-state index contributed by atoms with van der Waals surface area (Å²) in [6, 6.07) is 85.3. The normalized spacial score (nSPS) is 11.8. The van der Waals surface area contributed by atoms with Crippen LogP contribution in [0.1, 0.15) is 0 Å². The molecule has 0 bridgehead atoms. The smallest absolute Gasteiger partial charge is 0.0434 e. The third-order valence-electron chi connectivity index (χ3n) is 13.3. The molecule has 1 heteroatoms. The molecule has 0 saturated carbocycles. The Balaban J connectivity index is 1.04. The summed E-state index contributed by atoms with van der Waals surface area (Å²) in [7, 11) is 0. The van der Waals surface area contributed by atoms with Crippen molar-refractivity contribution in [3.05, 3.63) is 231 Å². The Morgan fingerprint density at radius 2 is 0.603 bits per heavy atom. The SMILES string of the molecule is c1ccc(-c2ccc(-c3c4ccccc4c(-c4cccc5c4sc4cc(-c6c7ccccc7c(-c7ccccc7)c7ccccc67)ccc45)c4ccccc34)c3ccccc23)cc1. The molecule has 0 amide bonds. The van der Waals surface area contributed by atoms with E-state index in [1.54, 1.807) is 0 Å². The van der Waals surface area contributed by atoms with Gasteiger partial charge in [0.15, 0.2) is 0 Å². The maximum absolute atomic E-state index is 2.45. The molecule has 0 aliphatic carbocycles. The van der Waals surface area contributed by atoms with Crippen molar-refractivity contribution in [2.24, 2.45) is 0 Å². The molecule has 0 N–H and O–H groups in total. The highest BCUT2D eigenvalue weighted by atomic mass is 32.1. The van der Waals surface area contributed by atoms with E-state index < -0.39 is 0 Å². The van der Waals surface area contributed by atoms with Crippen LogP contribution in [-0.4, -0.2) is 0 Å². The number of hydrogen-bond acceptors (Lipinski definition) is 1. The van der Waals surface area contributed by atoms with Crippen molar-refractivity contribution in [3.63, 3.8) is 0 Å². The van der Waals surface area contributed by atoms with Crippen molar-refractivity contribution in [2.75, 3.05) is 0 Å². The molecule has 292 valence electrons. The largest absolute Gasteiger partial charge is 0.135 e. The van der Waals surface area contributed by atoms with Crippen molar-refractivity contribution in [3.8, 4) is 55.6 Å². The fourth-order valence-electron chi connectivity index (χ4n) is 10.6. The molecule has 0 spiro atoms. The first-order chi connectivity index (χ1) is 31.3. The van der Waals surface area contributed by atoms with E-state index in [9.17, 15) is 0 Å². The minimum Gasteiger partial charge on any atom is -0.135 e. The molecule has 63 heavy (non-hydrogen) atoms. The predicted molar refractivity (Wildman–Crippen MR) is 274 cm³/mol. The summed E-state index contributed by atoms with van der Waals surface area (Å²) in [5, 5.41) is 15.3. The van der Waals surface area contributed by atoms with Gasteiger partial charge < -0.3 is 0 Å². The molecule has 0 nitrogen and oxygen atoms in total. The maximum atomic E-state index is 2.45. The number of thiophene rings is 1. The summed E-state index contributed by atoms with van der Waals surface area (Å²) in [5.74, 6) is 0. The van der Waals surface area contributed by atoms with Gasteiger partial charge in [-0.2, -0.15) is 0 Å². The van der Waals surface area contributed by atoms with Crippen LogP contribution in [0.4, 0.5) is 0 Å². The monoisotopic (exact) mass is 814 g/mol. The van der Waals surface area contributed by atoms with Crippen molar-refractivity contribution < 1.29 is 0 Å². The minimum atomic E-state index is 1.23. The predicted octanol–water partition coefficient (Wildman–Crippen LogP) is 18.2. The second-order valence-electron chi connectivity index (χ2n) is 16.6. The highest BCUT2D eigenvalue weighted by Crippen LogP contribution is 2.50. The molecule has 0 saturated heterocycles. The van der Waals surface area contributed by atoms with Crippen LogP contribution in [0.15, 0.2) is 231 Å². The van der Waals surface area contributed by atoms with Crippen LogP contribution in [0.3, 0.4) is 0 Å². The third-order valence-corrected chi connectivity index (χ3v) is 14.5. The van der Waals surface area contributed by atoms with Gasteiger partial charge in [0.1, 0.15) is 0 Å². The van der Waals surface area contributed by atoms with Gasteiger partial charge in [-0.25, -0.2) is 0 Å². The lowest BCUT2D eigenvalue weighted by molar-refractivity contribution is 1.64. The van der Waals surface area contributed by atoms with E-state index in [1.165, 1.54) is 130 Å². The zero-order valence-electron chi connectivity index (χ0n) is 34.3. The summed E-state index contributed by atoms with van der Waals surface area (Å²) in [6.45, 7) is 0. The molecule has 1 heterocycles. The zero-order valence-corrected chi connectivity index (χ0v) is 35.2. The van der Waals surface area contributed by atoms with Gasteiger partial charge >= 0.3 is 0 Å². The maximum Gasteiger partial charge on any atom is 0.0434 e. The summed E-state index contributed by atoms with van der Waals surface area (Å²) < 4.78 is 2.62. The van der Waals surface area contributed by atoms with E-state index in [4.69, 9.17) is 0 Å². The van der Waals surface area contributed by atoms with E-state index >= 15 is 0 Å². The highest BCUT2D eigenvalue weighted by Gasteiger charge is 2.22. The molecule has 0 aliphatic heterocycles. The van der Waals surface area contributed by atoms with Gasteiger partial charge in [-0.15, -0.1) is 11.3 Å². The summed E-state index contributed by atoms with van der Waals surface area (Å²) in [6.07, 6.45) is 0. The quantitative estimate of drug-likeness (QED) is 0.152. The molecule has 0 aliphatic rings. The van der Waals surface area contributed by atoms with Crippen molar-refractivity contribution in [1.29, 1.82) is 0 Å². The molecule has 12 aromatic carbocycles. The Labute approximate surface area is 369 Å². The number of fused-ring (bicyclic) bond motifs is 8. The first-order valence-corrected chi connectivity index (χ1v) is 22.6. The van der Waals surface area contributed by atoms with E-state index in [0.717, 1.165) is 0 Å². The molecule has 0 atom stereocenters. The minimum absolute atomic E-state index is 1.23. The number of hydrogen-bond donors (Lipinski definition) is 0. The molecular weight excluding hydrogens is 777 g/mol.